The summed E-state index contributed by atoms with van der Waals surface area (Å²) < 4.78 is 3.28. The molecular formula is C28H29BrN4O. The highest BCUT2D eigenvalue weighted by molar-refractivity contribution is 9.10. The Bertz CT molecular complexity index is 1290. The standard InChI is InChI=1S/C28H29BrN4O/c1-20(21-9-3-2-4-10-21)30-28(34)22-11-8-16-32(18-22)19-27-31-25-14-5-6-15-26(25)33(27)24-13-7-12-23(29)17-24/h2-7,9-10,12-15,17,20,22H,8,11,16,18-19H2,1H3,(H,30,34)/t20-,22+/m1/s1. The highest BCUT2D eigenvalue weighted by atomic mass is 79.9. The number of halogens is 1. The fourth-order valence-electron chi connectivity index (χ4n) is 4.85. The summed E-state index contributed by atoms with van der Waals surface area (Å²) in [5, 5.41) is 3.22. The van der Waals surface area contributed by atoms with Crippen molar-refractivity contribution in [2.45, 2.75) is 32.4 Å². The maximum Gasteiger partial charge on any atom is 0.224 e. The van der Waals surface area contributed by atoms with Gasteiger partial charge in [0.25, 0.3) is 0 Å². The molecule has 5 nitrogen and oxygen atoms in total. The first-order valence-corrected chi connectivity index (χ1v) is 12.7. The van der Waals surface area contributed by atoms with Crippen molar-refractivity contribution in [3.8, 4) is 5.69 Å². The van der Waals surface area contributed by atoms with E-state index in [0.717, 1.165) is 58.5 Å². The Morgan fingerprint density at radius 3 is 2.71 bits per heavy atom. The smallest absolute Gasteiger partial charge is 0.224 e. The van der Waals surface area contributed by atoms with Gasteiger partial charge in [-0.25, -0.2) is 4.98 Å². The number of likely N-dealkylation sites (tertiary alicyclic amines) is 1. The van der Waals surface area contributed by atoms with Crippen LogP contribution in [-0.2, 0) is 11.3 Å². The van der Waals surface area contributed by atoms with E-state index in [9.17, 15) is 4.79 Å². The molecule has 0 spiro atoms. The zero-order chi connectivity index (χ0) is 23.5. The molecule has 0 saturated carbocycles. The molecule has 1 aromatic heterocycles. The van der Waals surface area contributed by atoms with Gasteiger partial charge >= 0.3 is 0 Å². The molecule has 2 atom stereocenters. The van der Waals surface area contributed by atoms with Crippen molar-refractivity contribution in [3.05, 3.63) is 94.7 Å². The van der Waals surface area contributed by atoms with Crippen LogP contribution in [0.25, 0.3) is 16.7 Å². The Morgan fingerprint density at radius 2 is 1.88 bits per heavy atom. The molecule has 0 radical (unpaired) electrons. The summed E-state index contributed by atoms with van der Waals surface area (Å²) in [6.45, 7) is 4.47. The Kier molecular flexibility index (Phi) is 6.79. The summed E-state index contributed by atoms with van der Waals surface area (Å²) in [5.74, 6) is 1.13. The predicted octanol–water partition coefficient (Wildman–Crippen LogP) is 5.88. The van der Waals surface area contributed by atoms with Gasteiger partial charge in [-0.1, -0.05) is 64.5 Å². The average Bonchev–Trinajstić information content (AvgIpc) is 3.22. The van der Waals surface area contributed by atoms with E-state index < -0.39 is 0 Å². The van der Waals surface area contributed by atoms with Gasteiger partial charge in [-0.2, -0.15) is 0 Å². The average molecular weight is 517 g/mol. The first-order valence-electron chi connectivity index (χ1n) is 11.9. The molecule has 1 saturated heterocycles. The number of aromatic nitrogens is 2. The molecule has 6 heteroatoms. The van der Waals surface area contributed by atoms with Crippen LogP contribution < -0.4 is 5.32 Å². The maximum absolute atomic E-state index is 13.1. The Labute approximate surface area is 208 Å². The molecule has 4 aromatic rings. The first-order chi connectivity index (χ1) is 16.6. The third kappa shape index (κ3) is 4.93. The quantitative estimate of drug-likeness (QED) is 0.348. The van der Waals surface area contributed by atoms with Crippen molar-refractivity contribution < 1.29 is 4.79 Å². The molecule has 34 heavy (non-hydrogen) atoms. The zero-order valence-electron chi connectivity index (χ0n) is 19.3. The number of hydrogen-bond acceptors (Lipinski definition) is 3. The number of imidazole rings is 1. The second-order valence-electron chi connectivity index (χ2n) is 9.05. The predicted molar refractivity (Wildman–Crippen MR) is 140 cm³/mol. The Hall–Kier alpha value is -2.96. The summed E-state index contributed by atoms with van der Waals surface area (Å²) in [7, 11) is 0. The van der Waals surface area contributed by atoms with Crippen LogP contribution in [0, 0.1) is 5.92 Å². The summed E-state index contributed by atoms with van der Waals surface area (Å²) in [6, 6.07) is 26.7. The van der Waals surface area contributed by atoms with Crippen LogP contribution in [0.1, 0.15) is 37.2 Å². The van der Waals surface area contributed by atoms with Crippen molar-refractivity contribution in [3.63, 3.8) is 0 Å². The monoisotopic (exact) mass is 516 g/mol. The van der Waals surface area contributed by atoms with Crippen LogP contribution >= 0.6 is 15.9 Å². The molecule has 0 bridgehead atoms. The van der Waals surface area contributed by atoms with Gasteiger partial charge in [-0.05, 0) is 62.2 Å². The SMILES string of the molecule is C[C@@H](NC(=O)[C@H]1CCCN(Cc2nc3ccccc3n2-c2cccc(Br)c2)C1)c1ccccc1. The molecule has 174 valence electrons. The number of fused-ring (bicyclic) bond motifs is 1. The molecule has 1 amide bonds. The van der Waals surface area contributed by atoms with E-state index in [0.29, 0.717) is 6.54 Å². The van der Waals surface area contributed by atoms with E-state index in [1.807, 2.05) is 43.3 Å². The lowest BCUT2D eigenvalue weighted by molar-refractivity contribution is -0.127. The van der Waals surface area contributed by atoms with Gasteiger partial charge in [-0.15, -0.1) is 0 Å². The molecule has 0 unspecified atom stereocenters. The Morgan fingerprint density at radius 1 is 1.09 bits per heavy atom. The molecular weight excluding hydrogens is 488 g/mol. The third-order valence-corrected chi connectivity index (χ3v) is 7.09. The molecule has 1 aliphatic rings. The molecule has 2 heterocycles. The second-order valence-corrected chi connectivity index (χ2v) is 9.96. The maximum atomic E-state index is 13.1. The minimum absolute atomic E-state index is 0.00445. The molecule has 3 aromatic carbocycles. The largest absolute Gasteiger partial charge is 0.349 e. The fourth-order valence-corrected chi connectivity index (χ4v) is 5.24. The van der Waals surface area contributed by atoms with E-state index in [1.165, 1.54) is 0 Å². The minimum atomic E-state index is -0.0105. The highest BCUT2D eigenvalue weighted by Crippen LogP contribution is 2.26. The van der Waals surface area contributed by atoms with Crippen LogP contribution in [0.2, 0.25) is 0 Å². The van der Waals surface area contributed by atoms with Crippen LogP contribution in [0.5, 0.6) is 0 Å². The van der Waals surface area contributed by atoms with Gasteiger partial charge in [-0.3, -0.25) is 14.3 Å². The molecule has 1 fully saturated rings. The zero-order valence-corrected chi connectivity index (χ0v) is 20.9. The molecule has 0 aliphatic carbocycles. The topological polar surface area (TPSA) is 50.2 Å². The number of hydrogen-bond donors (Lipinski definition) is 1. The van der Waals surface area contributed by atoms with Crippen molar-refractivity contribution in [1.82, 2.24) is 19.8 Å². The van der Waals surface area contributed by atoms with E-state index in [1.54, 1.807) is 0 Å². The van der Waals surface area contributed by atoms with E-state index in [2.05, 4.69) is 73.2 Å². The lowest BCUT2D eigenvalue weighted by Crippen LogP contribution is -2.43. The van der Waals surface area contributed by atoms with Gasteiger partial charge in [0, 0.05) is 16.7 Å². The third-order valence-electron chi connectivity index (χ3n) is 6.60. The number of amides is 1. The highest BCUT2D eigenvalue weighted by Gasteiger charge is 2.28. The number of benzene rings is 3. The summed E-state index contributed by atoms with van der Waals surface area (Å²) in [4.78, 5) is 20.4. The number of nitrogens with zero attached hydrogens (tertiary/aromatic N) is 3. The molecule has 1 aliphatic heterocycles. The Balaban J connectivity index is 1.34. The number of para-hydroxylation sites is 2. The van der Waals surface area contributed by atoms with E-state index >= 15 is 0 Å². The molecule has 5 rings (SSSR count). The second kappa shape index (κ2) is 10.1. The lowest BCUT2D eigenvalue weighted by Gasteiger charge is -2.32. The minimum Gasteiger partial charge on any atom is -0.349 e. The summed E-state index contributed by atoms with van der Waals surface area (Å²) >= 11 is 3.61. The summed E-state index contributed by atoms with van der Waals surface area (Å²) in [5.41, 5.74) is 4.30. The number of piperidine rings is 1. The van der Waals surface area contributed by atoms with Crippen LogP contribution in [-0.4, -0.2) is 33.4 Å². The lowest BCUT2D eigenvalue weighted by atomic mass is 9.96. The normalized spacial score (nSPS) is 17.5. The van der Waals surface area contributed by atoms with Crippen molar-refractivity contribution in [2.24, 2.45) is 5.92 Å². The van der Waals surface area contributed by atoms with Gasteiger partial charge in [0.1, 0.15) is 5.82 Å². The van der Waals surface area contributed by atoms with Crippen molar-refractivity contribution in [2.75, 3.05) is 13.1 Å². The number of rotatable bonds is 6. The van der Waals surface area contributed by atoms with Gasteiger partial charge in [0.2, 0.25) is 5.91 Å². The molecule has 1 N–H and O–H groups in total. The van der Waals surface area contributed by atoms with Crippen molar-refractivity contribution in [1.29, 1.82) is 0 Å². The van der Waals surface area contributed by atoms with Crippen LogP contribution in [0.15, 0.2) is 83.3 Å². The van der Waals surface area contributed by atoms with Crippen molar-refractivity contribution >= 4 is 32.9 Å². The summed E-state index contributed by atoms with van der Waals surface area (Å²) in [6.07, 6.45) is 1.93. The first kappa shape index (κ1) is 22.8. The van der Waals surface area contributed by atoms with Crippen LogP contribution in [0.4, 0.5) is 0 Å². The van der Waals surface area contributed by atoms with Gasteiger partial charge in [0.15, 0.2) is 0 Å². The fraction of sp³-hybridized carbons (Fsp3) is 0.286. The number of carbonyl (C=O) groups excluding carboxylic acids is 1. The van der Waals surface area contributed by atoms with Gasteiger partial charge < -0.3 is 5.32 Å². The van der Waals surface area contributed by atoms with Gasteiger partial charge in [0.05, 0.1) is 29.5 Å². The van der Waals surface area contributed by atoms with Crippen LogP contribution in [0.3, 0.4) is 0 Å². The number of carbonyl (C=O) groups is 1. The number of nitrogens with one attached hydrogen (secondary N) is 1. The van der Waals surface area contributed by atoms with E-state index in [4.69, 9.17) is 4.98 Å². The van der Waals surface area contributed by atoms with E-state index in [-0.39, 0.29) is 17.9 Å².